The van der Waals surface area contributed by atoms with E-state index in [4.69, 9.17) is 9.47 Å². The van der Waals surface area contributed by atoms with Gasteiger partial charge >= 0.3 is 0 Å². The molecular weight excluding hydrogens is 354 g/mol. The van der Waals surface area contributed by atoms with Crippen molar-refractivity contribution in [3.8, 4) is 11.5 Å². The molecule has 0 aliphatic carbocycles. The summed E-state index contributed by atoms with van der Waals surface area (Å²) in [7, 11) is 0. The molecule has 5 rings (SSSR count). The second-order valence-electron chi connectivity index (χ2n) is 6.87. The van der Waals surface area contributed by atoms with Crippen LogP contribution in [0, 0.1) is 0 Å². The number of nitrogens with one attached hydrogen (secondary N) is 1. The van der Waals surface area contributed by atoms with Crippen LogP contribution in [0.2, 0.25) is 0 Å². The predicted molar refractivity (Wildman–Crippen MR) is 106 cm³/mol. The summed E-state index contributed by atoms with van der Waals surface area (Å²) in [5, 5.41) is 2.88. The molecule has 2 aromatic carbocycles. The lowest BCUT2D eigenvalue weighted by atomic mass is 10.00. The van der Waals surface area contributed by atoms with Crippen molar-refractivity contribution in [2.45, 2.75) is 13.0 Å². The van der Waals surface area contributed by atoms with Crippen LogP contribution in [0.1, 0.15) is 21.5 Å². The molecule has 6 heteroatoms. The molecule has 140 valence electrons. The Morgan fingerprint density at radius 1 is 1.00 bits per heavy atom. The number of carbonyl (C=O) groups is 1. The number of benzene rings is 2. The Morgan fingerprint density at radius 2 is 1.86 bits per heavy atom. The first-order valence-corrected chi connectivity index (χ1v) is 9.25. The van der Waals surface area contributed by atoms with Gasteiger partial charge in [-0.2, -0.15) is 0 Å². The lowest BCUT2D eigenvalue weighted by Crippen LogP contribution is -2.30. The summed E-state index contributed by atoms with van der Waals surface area (Å²) in [6.45, 7) is 1.98. The summed E-state index contributed by atoms with van der Waals surface area (Å²) in [5.41, 5.74) is 3.92. The minimum atomic E-state index is -0.209. The lowest BCUT2D eigenvalue weighted by Gasteiger charge is -2.29. The predicted octanol–water partition coefficient (Wildman–Crippen LogP) is 3.63. The largest absolute Gasteiger partial charge is 0.454 e. The fourth-order valence-electron chi connectivity index (χ4n) is 3.58. The molecule has 0 bridgehead atoms. The molecule has 0 saturated heterocycles. The summed E-state index contributed by atoms with van der Waals surface area (Å²) in [6.07, 6.45) is 2.71. The van der Waals surface area contributed by atoms with Gasteiger partial charge in [0.05, 0.1) is 11.9 Å². The summed E-state index contributed by atoms with van der Waals surface area (Å²) in [5.74, 6) is 1.95. The average Bonchev–Trinajstić information content (AvgIpc) is 3.22. The van der Waals surface area contributed by atoms with E-state index in [9.17, 15) is 4.79 Å². The molecule has 3 heterocycles. The fourth-order valence-corrected chi connectivity index (χ4v) is 3.58. The Bertz CT molecular complexity index is 1030. The van der Waals surface area contributed by atoms with Crippen LogP contribution in [-0.4, -0.2) is 24.2 Å². The van der Waals surface area contributed by atoms with Gasteiger partial charge in [-0.05, 0) is 47.9 Å². The molecule has 2 aliphatic heterocycles. The first kappa shape index (κ1) is 16.6. The normalized spacial score (nSPS) is 14.5. The van der Waals surface area contributed by atoms with Crippen molar-refractivity contribution in [3.05, 3.63) is 77.5 Å². The van der Waals surface area contributed by atoms with Gasteiger partial charge in [0.1, 0.15) is 5.82 Å². The number of pyridine rings is 1. The number of carbonyl (C=O) groups excluding carboxylic acids is 1. The zero-order chi connectivity index (χ0) is 18.9. The third-order valence-corrected chi connectivity index (χ3v) is 5.10. The Morgan fingerprint density at radius 3 is 2.71 bits per heavy atom. The number of rotatable bonds is 3. The van der Waals surface area contributed by atoms with Crippen molar-refractivity contribution < 1.29 is 14.3 Å². The van der Waals surface area contributed by atoms with Crippen molar-refractivity contribution in [1.82, 2.24) is 4.98 Å². The highest BCUT2D eigenvalue weighted by Gasteiger charge is 2.18. The van der Waals surface area contributed by atoms with Crippen LogP contribution in [0.25, 0.3) is 0 Å². The van der Waals surface area contributed by atoms with E-state index in [1.54, 1.807) is 24.4 Å². The van der Waals surface area contributed by atoms with Gasteiger partial charge in [-0.1, -0.05) is 24.3 Å². The van der Waals surface area contributed by atoms with Crippen LogP contribution < -0.4 is 19.7 Å². The quantitative estimate of drug-likeness (QED) is 0.760. The van der Waals surface area contributed by atoms with Crippen LogP contribution >= 0.6 is 0 Å². The number of hydrogen-bond acceptors (Lipinski definition) is 5. The summed E-state index contributed by atoms with van der Waals surface area (Å²) in [6, 6.07) is 17.5. The molecular formula is C22H19N3O3. The van der Waals surface area contributed by atoms with E-state index in [0.29, 0.717) is 22.7 Å². The van der Waals surface area contributed by atoms with E-state index >= 15 is 0 Å². The van der Waals surface area contributed by atoms with Crippen molar-refractivity contribution in [3.63, 3.8) is 0 Å². The molecule has 0 radical (unpaired) electrons. The van der Waals surface area contributed by atoms with Crippen LogP contribution in [0.3, 0.4) is 0 Å². The standard InChI is InChI=1S/C22H19N3O3/c26-22(16-5-7-19-20(11-16)28-14-27-19)24-18-6-8-21(23-12-18)25-10-9-15-3-1-2-4-17(15)13-25/h1-8,11-12H,9-10,13-14H2,(H,24,26). The number of fused-ring (bicyclic) bond motifs is 2. The second-order valence-corrected chi connectivity index (χ2v) is 6.87. The zero-order valence-corrected chi connectivity index (χ0v) is 15.2. The molecule has 28 heavy (non-hydrogen) atoms. The first-order valence-electron chi connectivity index (χ1n) is 9.25. The third kappa shape index (κ3) is 3.13. The van der Waals surface area contributed by atoms with Gasteiger partial charge in [-0.15, -0.1) is 0 Å². The first-order chi connectivity index (χ1) is 13.8. The number of aromatic nitrogens is 1. The van der Waals surface area contributed by atoms with E-state index in [1.165, 1.54) is 11.1 Å². The SMILES string of the molecule is O=C(Nc1ccc(N2CCc3ccccc3C2)nc1)c1ccc2c(c1)OCO2. The summed E-state index contributed by atoms with van der Waals surface area (Å²) >= 11 is 0. The maximum absolute atomic E-state index is 12.5. The highest BCUT2D eigenvalue weighted by molar-refractivity contribution is 6.04. The van der Waals surface area contributed by atoms with E-state index < -0.39 is 0 Å². The van der Waals surface area contributed by atoms with Crippen LogP contribution in [0.4, 0.5) is 11.5 Å². The number of anilines is 2. The molecule has 1 N–H and O–H groups in total. The number of amides is 1. The number of hydrogen-bond donors (Lipinski definition) is 1. The molecule has 0 fully saturated rings. The van der Waals surface area contributed by atoms with Crippen LogP contribution in [0.15, 0.2) is 60.8 Å². The average molecular weight is 373 g/mol. The van der Waals surface area contributed by atoms with Gasteiger partial charge < -0.3 is 19.7 Å². The highest BCUT2D eigenvalue weighted by atomic mass is 16.7. The molecule has 0 atom stereocenters. The maximum atomic E-state index is 12.5. The van der Waals surface area contributed by atoms with E-state index in [-0.39, 0.29) is 12.7 Å². The summed E-state index contributed by atoms with van der Waals surface area (Å²) in [4.78, 5) is 19.3. The maximum Gasteiger partial charge on any atom is 0.255 e. The Kier molecular flexibility index (Phi) is 4.09. The van der Waals surface area contributed by atoms with Crippen LogP contribution in [0.5, 0.6) is 11.5 Å². The van der Waals surface area contributed by atoms with Crippen molar-refractivity contribution in [2.75, 3.05) is 23.6 Å². The fraction of sp³-hybridized carbons (Fsp3) is 0.182. The minimum absolute atomic E-state index is 0.187. The Labute approximate surface area is 162 Å². The number of nitrogens with zero attached hydrogens (tertiary/aromatic N) is 2. The summed E-state index contributed by atoms with van der Waals surface area (Å²) < 4.78 is 10.6. The van der Waals surface area contributed by atoms with Gasteiger partial charge in [-0.25, -0.2) is 4.98 Å². The minimum Gasteiger partial charge on any atom is -0.454 e. The molecule has 0 spiro atoms. The molecule has 1 amide bonds. The molecule has 1 aromatic heterocycles. The van der Waals surface area contributed by atoms with Gasteiger partial charge in [0, 0.05) is 18.7 Å². The Hall–Kier alpha value is -3.54. The van der Waals surface area contributed by atoms with Gasteiger partial charge in [0.2, 0.25) is 6.79 Å². The molecule has 3 aromatic rings. The van der Waals surface area contributed by atoms with E-state index in [0.717, 1.165) is 25.3 Å². The Balaban J connectivity index is 1.27. The van der Waals surface area contributed by atoms with E-state index in [2.05, 4.69) is 39.5 Å². The second kappa shape index (κ2) is 6.88. The van der Waals surface area contributed by atoms with Gasteiger partial charge in [0.15, 0.2) is 11.5 Å². The lowest BCUT2D eigenvalue weighted by molar-refractivity contribution is 0.102. The zero-order valence-electron chi connectivity index (χ0n) is 15.2. The van der Waals surface area contributed by atoms with Gasteiger partial charge in [-0.3, -0.25) is 4.79 Å². The van der Waals surface area contributed by atoms with Crippen molar-refractivity contribution >= 4 is 17.4 Å². The molecule has 6 nitrogen and oxygen atoms in total. The molecule has 0 saturated carbocycles. The van der Waals surface area contributed by atoms with Crippen LogP contribution in [-0.2, 0) is 13.0 Å². The third-order valence-electron chi connectivity index (χ3n) is 5.10. The topological polar surface area (TPSA) is 63.7 Å². The highest BCUT2D eigenvalue weighted by Crippen LogP contribution is 2.32. The van der Waals surface area contributed by atoms with Gasteiger partial charge in [0.25, 0.3) is 5.91 Å². The number of ether oxygens (including phenoxy) is 2. The van der Waals surface area contributed by atoms with Crippen molar-refractivity contribution in [2.24, 2.45) is 0 Å². The molecule has 0 unspecified atom stereocenters. The smallest absolute Gasteiger partial charge is 0.255 e. The van der Waals surface area contributed by atoms with Crippen molar-refractivity contribution in [1.29, 1.82) is 0 Å². The monoisotopic (exact) mass is 373 g/mol. The van der Waals surface area contributed by atoms with E-state index in [1.807, 2.05) is 12.1 Å². The molecule has 2 aliphatic rings.